The Morgan fingerprint density at radius 1 is 1.09 bits per heavy atom. The van der Waals surface area contributed by atoms with Gasteiger partial charge in [0.25, 0.3) is 0 Å². The Morgan fingerprint density at radius 3 is 2.48 bits per heavy atom. The number of aliphatic hydroxyl groups excluding tert-OH is 3. The van der Waals surface area contributed by atoms with Gasteiger partial charge in [-0.1, -0.05) is 55.6 Å². The van der Waals surface area contributed by atoms with Gasteiger partial charge in [0, 0.05) is 16.9 Å². The van der Waals surface area contributed by atoms with Gasteiger partial charge in [-0.2, -0.15) is 0 Å². The number of benzene rings is 2. The molecule has 0 amide bonds. The molecular weight excluding hydrogens is 440 g/mol. The maximum atomic E-state index is 10.4. The summed E-state index contributed by atoms with van der Waals surface area (Å²) in [5, 5.41) is 30.7. The van der Waals surface area contributed by atoms with Crippen LogP contribution in [0, 0.1) is 5.41 Å². The highest BCUT2D eigenvalue weighted by molar-refractivity contribution is 6.31. The van der Waals surface area contributed by atoms with Crippen molar-refractivity contribution in [1.29, 1.82) is 0 Å². The largest absolute Gasteiger partial charge is 0.493 e. The predicted molar refractivity (Wildman–Crippen MR) is 129 cm³/mol. The zero-order valence-electron chi connectivity index (χ0n) is 19.3. The van der Waals surface area contributed by atoms with E-state index in [0.717, 1.165) is 35.5 Å². The van der Waals surface area contributed by atoms with Gasteiger partial charge in [-0.05, 0) is 60.6 Å². The Labute approximate surface area is 201 Å². The first kappa shape index (κ1) is 24.5. The second-order valence-corrected chi connectivity index (χ2v) is 10.1. The summed E-state index contributed by atoms with van der Waals surface area (Å²) in [6, 6.07) is 13.7. The molecular formula is C27H35ClO5. The molecule has 1 unspecified atom stereocenters. The van der Waals surface area contributed by atoms with Crippen LogP contribution in [0.1, 0.15) is 68.2 Å². The fourth-order valence-corrected chi connectivity index (χ4v) is 5.32. The van der Waals surface area contributed by atoms with Crippen LogP contribution >= 0.6 is 11.6 Å². The molecule has 0 bridgehead atoms. The van der Waals surface area contributed by atoms with Crippen LogP contribution in [0.2, 0.25) is 5.02 Å². The van der Waals surface area contributed by atoms with E-state index in [1.807, 2.05) is 18.2 Å². The summed E-state index contributed by atoms with van der Waals surface area (Å²) in [4.78, 5) is 0. The third-order valence-electron chi connectivity index (χ3n) is 7.43. The second-order valence-electron chi connectivity index (χ2n) is 9.68. The van der Waals surface area contributed by atoms with E-state index in [1.165, 1.54) is 25.7 Å². The highest BCUT2D eigenvalue weighted by atomic mass is 35.5. The molecule has 4 atom stereocenters. The molecule has 3 N–H and O–H groups in total. The number of aliphatic hydroxyl groups is 3. The monoisotopic (exact) mass is 474 g/mol. The number of halogens is 1. The van der Waals surface area contributed by atoms with Crippen LogP contribution in [0.3, 0.4) is 0 Å². The molecule has 33 heavy (non-hydrogen) atoms. The van der Waals surface area contributed by atoms with Crippen molar-refractivity contribution in [1.82, 2.24) is 0 Å². The molecule has 0 radical (unpaired) electrons. The minimum atomic E-state index is -1.05. The quantitative estimate of drug-likeness (QED) is 0.511. The first-order chi connectivity index (χ1) is 15.9. The van der Waals surface area contributed by atoms with Crippen molar-refractivity contribution < 1.29 is 24.8 Å². The van der Waals surface area contributed by atoms with Crippen molar-refractivity contribution >= 4 is 11.6 Å². The second kappa shape index (κ2) is 10.7. The van der Waals surface area contributed by atoms with Crippen molar-refractivity contribution in [3.05, 3.63) is 64.2 Å². The topological polar surface area (TPSA) is 79.2 Å². The molecule has 180 valence electrons. The van der Waals surface area contributed by atoms with E-state index in [4.69, 9.17) is 21.1 Å². The van der Waals surface area contributed by atoms with Crippen molar-refractivity contribution in [2.75, 3.05) is 13.2 Å². The highest BCUT2D eigenvalue weighted by Crippen LogP contribution is 2.41. The third kappa shape index (κ3) is 5.72. The molecule has 5 nitrogen and oxygen atoms in total. The summed E-state index contributed by atoms with van der Waals surface area (Å²) < 4.78 is 12.0. The standard InChI is InChI=1S/C27H35ClO5/c1-2-27(11-3-4-12-27)17-32-21-8-5-18(6-9-21)13-20-14-19(7-10-23(20)28)26-25(31)24(30)15-22(16-29)33-26/h5-10,14,22,24-26,29-31H,2-4,11-13,15-17H2,1H3/t22-,24-,25+,26?/m0/s1. The van der Waals surface area contributed by atoms with Crippen LogP contribution < -0.4 is 4.74 Å². The van der Waals surface area contributed by atoms with E-state index in [0.29, 0.717) is 16.9 Å². The maximum Gasteiger partial charge on any atom is 0.119 e. The average Bonchev–Trinajstić information content (AvgIpc) is 3.31. The van der Waals surface area contributed by atoms with E-state index in [2.05, 4.69) is 19.1 Å². The van der Waals surface area contributed by atoms with E-state index < -0.39 is 24.4 Å². The van der Waals surface area contributed by atoms with Gasteiger partial charge in [-0.3, -0.25) is 0 Å². The van der Waals surface area contributed by atoms with Crippen LogP contribution in [0.25, 0.3) is 0 Å². The Morgan fingerprint density at radius 2 is 1.82 bits per heavy atom. The molecule has 6 heteroatoms. The zero-order valence-corrected chi connectivity index (χ0v) is 20.0. The lowest BCUT2D eigenvalue weighted by atomic mass is 9.84. The normalized spacial score (nSPS) is 26.9. The smallest absolute Gasteiger partial charge is 0.119 e. The summed E-state index contributed by atoms with van der Waals surface area (Å²) in [6.45, 7) is 2.84. The molecule has 1 saturated heterocycles. The molecule has 1 aliphatic heterocycles. The Bertz CT molecular complexity index is 909. The van der Waals surface area contributed by atoms with E-state index in [-0.39, 0.29) is 13.0 Å². The Balaban J connectivity index is 1.43. The van der Waals surface area contributed by atoms with E-state index in [1.54, 1.807) is 12.1 Å². The van der Waals surface area contributed by atoms with Crippen molar-refractivity contribution in [3.63, 3.8) is 0 Å². The van der Waals surface area contributed by atoms with Gasteiger partial charge in [-0.25, -0.2) is 0 Å². The van der Waals surface area contributed by atoms with Crippen LogP contribution in [0.5, 0.6) is 5.75 Å². The number of hydrogen-bond donors (Lipinski definition) is 3. The number of rotatable bonds is 8. The minimum absolute atomic E-state index is 0.200. The van der Waals surface area contributed by atoms with Gasteiger partial charge in [0.2, 0.25) is 0 Å². The fourth-order valence-electron chi connectivity index (χ4n) is 5.14. The lowest BCUT2D eigenvalue weighted by Crippen LogP contribution is -2.44. The summed E-state index contributed by atoms with van der Waals surface area (Å²) in [5.41, 5.74) is 3.09. The van der Waals surface area contributed by atoms with Crippen molar-refractivity contribution in [2.24, 2.45) is 5.41 Å². The van der Waals surface area contributed by atoms with Gasteiger partial charge in [0.15, 0.2) is 0 Å². The molecule has 0 spiro atoms. The number of ether oxygens (including phenoxy) is 2. The lowest BCUT2D eigenvalue weighted by molar-refractivity contribution is -0.179. The minimum Gasteiger partial charge on any atom is -0.493 e. The molecule has 2 aromatic rings. The first-order valence-corrected chi connectivity index (χ1v) is 12.4. The highest BCUT2D eigenvalue weighted by Gasteiger charge is 2.37. The number of hydrogen-bond acceptors (Lipinski definition) is 5. The van der Waals surface area contributed by atoms with Crippen LogP contribution in [-0.2, 0) is 11.2 Å². The van der Waals surface area contributed by atoms with Crippen LogP contribution in [0.4, 0.5) is 0 Å². The molecule has 1 saturated carbocycles. The Kier molecular flexibility index (Phi) is 7.98. The third-order valence-corrected chi connectivity index (χ3v) is 7.80. The van der Waals surface area contributed by atoms with Crippen LogP contribution in [-0.4, -0.2) is 46.8 Å². The van der Waals surface area contributed by atoms with Gasteiger partial charge in [0.05, 0.1) is 25.4 Å². The maximum absolute atomic E-state index is 10.4. The van der Waals surface area contributed by atoms with Gasteiger partial charge in [-0.15, -0.1) is 0 Å². The molecule has 2 aromatic carbocycles. The molecule has 4 rings (SSSR count). The SMILES string of the molecule is CCC1(COc2ccc(Cc3cc(C4O[C@H](CO)C[C@H](O)[C@H]4O)ccc3Cl)cc2)CCCC1. The van der Waals surface area contributed by atoms with Gasteiger partial charge >= 0.3 is 0 Å². The first-order valence-electron chi connectivity index (χ1n) is 12.1. The fraction of sp³-hybridized carbons (Fsp3) is 0.556. The van der Waals surface area contributed by atoms with Crippen molar-refractivity contribution in [3.8, 4) is 5.75 Å². The summed E-state index contributed by atoms with van der Waals surface area (Å²) in [6.07, 6.45) is 3.91. The van der Waals surface area contributed by atoms with Crippen LogP contribution in [0.15, 0.2) is 42.5 Å². The van der Waals surface area contributed by atoms with E-state index >= 15 is 0 Å². The Hall–Kier alpha value is -1.63. The van der Waals surface area contributed by atoms with E-state index in [9.17, 15) is 15.3 Å². The molecule has 0 aromatic heterocycles. The summed E-state index contributed by atoms with van der Waals surface area (Å²) >= 11 is 6.47. The summed E-state index contributed by atoms with van der Waals surface area (Å²) in [7, 11) is 0. The molecule has 2 fully saturated rings. The molecule has 2 aliphatic rings. The molecule has 1 aliphatic carbocycles. The van der Waals surface area contributed by atoms with Gasteiger partial charge in [0.1, 0.15) is 18.0 Å². The molecule has 1 heterocycles. The zero-order chi connectivity index (χ0) is 23.4. The average molecular weight is 475 g/mol. The van der Waals surface area contributed by atoms with Gasteiger partial charge < -0.3 is 24.8 Å². The predicted octanol–water partition coefficient (Wildman–Crippen LogP) is 4.82. The van der Waals surface area contributed by atoms with Crippen molar-refractivity contribution in [2.45, 2.75) is 76.3 Å². The lowest BCUT2D eigenvalue weighted by Gasteiger charge is -2.37. The summed E-state index contributed by atoms with van der Waals surface area (Å²) in [5.74, 6) is 0.890.